The highest BCUT2D eigenvalue weighted by Crippen LogP contribution is 2.14. The third-order valence-corrected chi connectivity index (χ3v) is 2.31. The smallest absolute Gasteiger partial charge is 0.211 e. The summed E-state index contributed by atoms with van der Waals surface area (Å²) in [5, 5.41) is 8.82. The van der Waals surface area contributed by atoms with Crippen LogP contribution in [0.25, 0.3) is 0 Å². The van der Waals surface area contributed by atoms with E-state index >= 15 is 0 Å². The predicted octanol–water partition coefficient (Wildman–Crippen LogP) is 1.20. The maximum Gasteiger partial charge on any atom is 0.211 e. The van der Waals surface area contributed by atoms with Crippen molar-refractivity contribution in [2.24, 2.45) is 0 Å². The molecule has 0 saturated heterocycles. The molecule has 0 aliphatic heterocycles. The van der Waals surface area contributed by atoms with Crippen LogP contribution < -0.4 is 0 Å². The number of aliphatic hydroxyl groups excluding tert-OH is 1. The van der Waals surface area contributed by atoms with Crippen molar-refractivity contribution in [2.75, 3.05) is 0 Å². The Morgan fingerprint density at radius 3 is 2.50 bits per heavy atom. The second-order valence-electron chi connectivity index (χ2n) is 2.09. The standard InChI is InChI=1S/C7H12O2S/c1-4-7(9)10-6(3)5(2)8/h4-6,8H,1H2,2-3H3. The second-order valence-corrected chi connectivity index (χ2v) is 3.47. The van der Waals surface area contributed by atoms with Gasteiger partial charge < -0.3 is 5.11 Å². The summed E-state index contributed by atoms with van der Waals surface area (Å²) in [6, 6.07) is 0. The van der Waals surface area contributed by atoms with Gasteiger partial charge in [0.25, 0.3) is 0 Å². The fourth-order valence-electron chi connectivity index (χ4n) is 0.330. The van der Waals surface area contributed by atoms with E-state index in [1.54, 1.807) is 13.8 Å². The van der Waals surface area contributed by atoms with Gasteiger partial charge in [0.1, 0.15) is 0 Å². The molecule has 1 N–H and O–H groups in total. The van der Waals surface area contributed by atoms with Crippen LogP contribution in [0.4, 0.5) is 0 Å². The Morgan fingerprint density at radius 1 is 1.70 bits per heavy atom. The van der Waals surface area contributed by atoms with Crippen LogP contribution in [-0.4, -0.2) is 21.6 Å². The number of hydrogen-bond donors (Lipinski definition) is 1. The lowest BCUT2D eigenvalue weighted by atomic mass is 10.3. The van der Waals surface area contributed by atoms with Gasteiger partial charge in [-0.1, -0.05) is 25.3 Å². The maximum atomic E-state index is 10.7. The molecule has 0 bridgehead atoms. The average molecular weight is 160 g/mol. The SMILES string of the molecule is C=CC(=O)SC(C)C(C)O. The summed E-state index contributed by atoms with van der Waals surface area (Å²) in [4.78, 5) is 10.7. The Hall–Kier alpha value is -0.280. The van der Waals surface area contributed by atoms with Gasteiger partial charge in [0.05, 0.1) is 6.10 Å². The summed E-state index contributed by atoms with van der Waals surface area (Å²) in [5.74, 6) is 0. The number of carbonyl (C=O) groups is 1. The highest BCUT2D eigenvalue weighted by Gasteiger charge is 2.11. The van der Waals surface area contributed by atoms with Crippen LogP contribution in [0, 0.1) is 0 Å². The lowest BCUT2D eigenvalue weighted by molar-refractivity contribution is -0.107. The quantitative estimate of drug-likeness (QED) is 0.630. The monoisotopic (exact) mass is 160 g/mol. The first kappa shape index (κ1) is 9.72. The van der Waals surface area contributed by atoms with E-state index in [0.29, 0.717) is 0 Å². The number of aliphatic hydroxyl groups is 1. The van der Waals surface area contributed by atoms with Gasteiger partial charge in [-0.2, -0.15) is 0 Å². The molecule has 2 unspecified atom stereocenters. The van der Waals surface area contributed by atoms with Crippen molar-refractivity contribution in [1.82, 2.24) is 0 Å². The highest BCUT2D eigenvalue weighted by molar-refractivity contribution is 8.14. The third kappa shape index (κ3) is 3.69. The van der Waals surface area contributed by atoms with Gasteiger partial charge in [0, 0.05) is 5.25 Å². The summed E-state index contributed by atoms with van der Waals surface area (Å²) in [5.41, 5.74) is 0. The Bertz CT molecular complexity index is 132. The molecule has 3 heteroatoms. The number of carbonyl (C=O) groups excluding carboxylic acids is 1. The van der Waals surface area contributed by atoms with Crippen molar-refractivity contribution < 1.29 is 9.90 Å². The Morgan fingerprint density at radius 2 is 2.20 bits per heavy atom. The zero-order chi connectivity index (χ0) is 8.15. The van der Waals surface area contributed by atoms with Crippen molar-refractivity contribution in [3.05, 3.63) is 12.7 Å². The van der Waals surface area contributed by atoms with Gasteiger partial charge in [-0.15, -0.1) is 0 Å². The van der Waals surface area contributed by atoms with Crippen LogP contribution in [-0.2, 0) is 4.79 Å². The Kier molecular flexibility index (Phi) is 4.40. The molecule has 0 heterocycles. The average Bonchev–Trinajstić information content (AvgIpc) is 1.87. The molecule has 58 valence electrons. The van der Waals surface area contributed by atoms with Gasteiger partial charge >= 0.3 is 0 Å². The van der Waals surface area contributed by atoms with E-state index < -0.39 is 6.10 Å². The Labute approximate surface area is 65.3 Å². The van der Waals surface area contributed by atoms with Gasteiger partial charge in [-0.25, -0.2) is 0 Å². The molecular weight excluding hydrogens is 148 g/mol. The molecule has 0 amide bonds. The van der Waals surface area contributed by atoms with Crippen molar-refractivity contribution in [3.8, 4) is 0 Å². The summed E-state index contributed by atoms with van der Waals surface area (Å²) < 4.78 is 0. The first-order valence-corrected chi connectivity index (χ1v) is 3.97. The number of hydrogen-bond acceptors (Lipinski definition) is 3. The van der Waals surface area contributed by atoms with Crippen LogP contribution in [0.5, 0.6) is 0 Å². The van der Waals surface area contributed by atoms with Gasteiger partial charge in [0.2, 0.25) is 5.12 Å². The van der Waals surface area contributed by atoms with Crippen molar-refractivity contribution >= 4 is 16.9 Å². The van der Waals surface area contributed by atoms with Crippen LogP contribution in [0.3, 0.4) is 0 Å². The molecule has 0 spiro atoms. The summed E-state index contributed by atoms with van der Waals surface area (Å²) in [6.07, 6.45) is 0.803. The lowest BCUT2D eigenvalue weighted by Crippen LogP contribution is -2.16. The molecular formula is C7H12O2S. The second kappa shape index (κ2) is 4.52. The van der Waals surface area contributed by atoms with Crippen LogP contribution >= 0.6 is 11.8 Å². The van der Waals surface area contributed by atoms with Crippen LogP contribution in [0.2, 0.25) is 0 Å². The third-order valence-electron chi connectivity index (χ3n) is 1.15. The minimum Gasteiger partial charge on any atom is -0.392 e. The molecule has 0 rings (SSSR count). The number of thioether (sulfide) groups is 1. The maximum absolute atomic E-state index is 10.7. The zero-order valence-corrected chi connectivity index (χ0v) is 7.02. The molecule has 0 aromatic carbocycles. The topological polar surface area (TPSA) is 37.3 Å². The predicted molar refractivity (Wildman–Crippen MR) is 43.9 cm³/mol. The summed E-state index contributed by atoms with van der Waals surface area (Å²) in [7, 11) is 0. The normalized spacial score (nSPS) is 15.9. The molecule has 0 aliphatic carbocycles. The molecule has 0 saturated carbocycles. The van der Waals surface area contributed by atoms with Crippen LogP contribution in [0.15, 0.2) is 12.7 Å². The number of rotatable bonds is 3. The van der Waals surface area contributed by atoms with Gasteiger partial charge in [-0.05, 0) is 13.0 Å². The molecule has 2 nitrogen and oxygen atoms in total. The van der Waals surface area contributed by atoms with Crippen molar-refractivity contribution in [2.45, 2.75) is 25.2 Å². The van der Waals surface area contributed by atoms with E-state index in [0.717, 1.165) is 11.8 Å². The first-order chi connectivity index (χ1) is 4.57. The first-order valence-electron chi connectivity index (χ1n) is 3.09. The van der Waals surface area contributed by atoms with Gasteiger partial charge in [0.15, 0.2) is 0 Å². The minimum atomic E-state index is -0.450. The molecule has 0 radical (unpaired) electrons. The molecule has 0 aromatic rings. The molecule has 2 atom stereocenters. The van der Waals surface area contributed by atoms with E-state index in [2.05, 4.69) is 6.58 Å². The minimum absolute atomic E-state index is 0.0505. The largest absolute Gasteiger partial charge is 0.392 e. The van der Waals surface area contributed by atoms with Crippen LogP contribution in [0.1, 0.15) is 13.8 Å². The summed E-state index contributed by atoms with van der Waals surface area (Å²) in [6.45, 7) is 6.78. The summed E-state index contributed by atoms with van der Waals surface area (Å²) >= 11 is 1.10. The van der Waals surface area contributed by atoms with E-state index in [-0.39, 0.29) is 10.4 Å². The molecule has 0 fully saturated rings. The molecule has 0 aliphatic rings. The fraction of sp³-hybridized carbons (Fsp3) is 0.571. The van der Waals surface area contributed by atoms with Gasteiger partial charge in [-0.3, -0.25) is 4.79 Å². The Balaban J connectivity index is 3.67. The fourth-order valence-corrected chi connectivity index (χ4v) is 0.989. The van der Waals surface area contributed by atoms with E-state index in [9.17, 15) is 4.79 Å². The lowest BCUT2D eigenvalue weighted by Gasteiger charge is -2.10. The zero-order valence-electron chi connectivity index (χ0n) is 6.20. The van der Waals surface area contributed by atoms with Crippen molar-refractivity contribution in [1.29, 1.82) is 0 Å². The van der Waals surface area contributed by atoms with E-state index in [1.807, 2.05) is 0 Å². The van der Waals surface area contributed by atoms with E-state index in [1.165, 1.54) is 6.08 Å². The van der Waals surface area contributed by atoms with E-state index in [4.69, 9.17) is 5.11 Å². The highest BCUT2D eigenvalue weighted by atomic mass is 32.2. The van der Waals surface area contributed by atoms with Crippen molar-refractivity contribution in [3.63, 3.8) is 0 Å². The molecule has 10 heavy (non-hydrogen) atoms. The molecule has 0 aromatic heterocycles.